The summed E-state index contributed by atoms with van der Waals surface area (Å²) < 4.78 is 66.3. The molecule has 0 saturated carbocycles. The summed E-state index contributed by atoms with van der Waals surface area (Å²) in [4.78, 5) is -0.642. The standard InChI is InChI=1S/C15H15FN2O5S2/c1-23-13-7-3-2-5-11(13)9-10-18(24(19)20)15-12(16)6-4-8-14(15)25(17,21)22/h2-10,24H,1H3,(H2,17,21,22). The van der Waals surface area contributed by atoms with Gasteiger partial charge in [0.25, 0.3) is 0 Å². The first-order valence-electron chi connectivity index (χ1n) is 6.81. The van der Waals surface area contributed by atoms with Crippen LogP contribution in [-0.2, 0) is 20.9 Å². The average Bonchev–Trinajstić information content (AvgIpc) is 2.55. The number of methoxy groups -OCH3 is 1. The van der Waals surface area contributed by atoms with Crippen molar-refractivity contribution in [2.45, 2.75) is 4.90 Å². The lowest BCUT2D eigenvalue weighted by molar-refractivity contribution is 0.414. The van der Waals surface area contributed by atoms with Crippen molar-refractivity contribution in [3.63, 3.8) is 0 Å². The van der Waals surface area contributed by atoms with Crippen LogP contribution >= 0.6 is 0 Å². The minimum atomic E-state index is -4.34. The maximum absolute atomic E-state index is 14.2. The van der Waals surface area contributed by atoms with E-state index in [2.05, 4.69) is 0 Å². The fourth-order valence-corrected chi connectivity index (χ4v) is 3.46. The highest BCUT2D eigenvalue weighted by molar-refractivity contribution is 7.89. The minimum Gasteiger partial charge on any atom is -0.496 e. The topological polar surface area (TPSA) is 107 Å². The van der Waals surface area contributed by atoms with E-state index in [0.717, 1.165) is 24.4 Å². The van der Waals surface area contributed by atoms with Crippen LogP contribution in [0.2, 0.25) is 0 Å². The van der Waals surface area contributed by atoms with Gasteiger partial charge < -0.3 is 4.74 Å². The average molecular weight is 386 g/mol. The van der Waals surface area contributed by atoms with Gasteiger partial charge in [0.15, 0.2) is 0 Å². The summed E-state index contributed by atoms with van der Waals surface area (Å²) in [5, 5.41) is 5.06. The molecule has 7 nitrogen and oxygen atoms in total. The summed E-state index contributed by atoms with van der Waals surface area (Å²) in [5.74, 6) is -0.588. The molecule has 10 heteroatoms. The van der Waals surface area contributed by atoms with E-state index in [4.69, 9.17) is 9.88 Å². The molecule has 134 valence electrons. The SMILES string of the molecule is COc1ccccc1C=CN(c1c(F)cccc1S(N)(=O)=O)[SH](=O)=O. The van der Waals surface area contributed by atoms with E-state index in [1.165, 1.54) is 13.2 Å². The predicted octanol–water partition coefficient (Wildman–Crippen LogP) is 1.49. The second-order valence-electron chi connectivity index (χ2n) is 4.77. The van der Waals surface area contributed by atoms with Gasteiger partial charge in [-0.15, -0.1) is 0 Å². The second kappa shape index (κ2) is 7.64. The summed E-state index contributed by atoms with van der Waals surface area (Å²) in [7, 11) is -6.28. The van der Waals surface area contributed by atoms with Crippen LogP contribution in [0.25, 0.3) is 6.08 Å². The van der Waals surface area contributed by atoms with Crippen LogP contribution in [-0.4, -0.2) is 23.9 Å². The molecule has 2 aromatic carbocycles. The van der Waals surface area contributed by atoms with Gasteiger partial charge >= 0.3 is 0 Å². The van der Waals surface area contributed by atoms with Crippen LogP contribution in [0.5, 0.6) is 5.75 Å². The molecule has 0 aliphatic rings. The van der Waals surface area contributed by atoms with Crippen LogP contribution < -0.4 is 14.2 Å². The molecule has 0 radical (unpaired) electrons. The van der Waals surface area contributed by atoms with E-state index in [0.29, 0.717) is 15.6 Å². The Labute approximate surface area is 146 Å². The number of nitrogens with two attached hydrogens (primary N) is 1. The van der Waals surface area contributed by atoms with Crippen LogP contribution in [0, 0.1) is 5.82 Å². The first-order valence-corrected chi connectivity index (χ1v) is 9.49. The number of primary sulfonamides is 1. The molecule has 0 fully saturated rings. The van der Waals surface area contributed by atoms with Gasteiger partial charge in [0.05, 0.1) is 7.11 Å². The molecule has 0 atom stereocenters. The number of para-hydroxylation sites is 2. The van der Waals surface area contributed by atoms with E-state index >= 15 is 0 Å². The molecule has 0 aromatic heterocycles. The Hall–Kier alpha value is -2.43. The van der Waals surface area contributed by atoms with Gasteiger partial charge in [-0.25, -0.2) is 30.7 Å². The molecular weight excluding hydrogens is 371 g/mol. The van der Waals surface area contributed by atoms with Crippen molar-refractivity contribution in [2.24, 2.45) is 5.14 Å². The fourth-order valence-electron chi connectivity index (χ4n) is 2.11. The Morgan fingerprint density at radius 3 is 2.44 bits per heavy atom. The molecule has 2 rings (SSSR count). The Morgan fingerprint density at radius 2 is 1.84 bits per heavy atom. The lowest BCUT2D eigenvalue weighted by atomic mass is 10.2. The highest BCUT2D eigenvalue weighted by atomic mass is 32.2. The van der Waals surface area contributed by atoms with E-state index in [-0.39, 0.29) is 0 Å². The summed E-state index contributed by atoms with van der Waals surface area (Å²) >= 11 is 0. The quantitative estimate of drug-likeness (QED) is 0.732. The molecule has 0 saturated heterocycles. The van der Waals surface area contributed by atoms with E-state index < -0.39 is 37.3 Å². The number of thiol groups is 1. The fraction of sp³-hybridized carbons (Fsp3) is 0.0667. The Kier molecular flexibility index (Phi) is 5.77. The number of rotatable bonds is 6. The number of hydrogen-bond acceptors (Lipinski definition) is 5. The number of anilines is 1. The number of sulfonamides is 1. The molecule has 0 aliphatic heterocycles. The highest BCUT2D eigenvalue weighted by Gasteiger charge is 2.23. The van der Waals surface area contributed by atoms with Crippen LogP contribution in [0.1, 0.15) is 5.56 Å². The van der Waals surface area contributed by atoms with Crippen molar-refractivity contribution in [1.82, 2.24) is 0 Å². The van der Waals surface area contributed by atoms with Crippen molar-refractivity contribution in [3.05, 3.63) is 60.0 Å². The van der Waals surface area contributed by atoms with Crippen molar-refractivity contribution in [2.75, 3.05) is 11.4 Å². The zero-order valence-corrected chi connectivity index (χ0v) is 14.7. The minimum absolute atomic E-state index is 0.458. The molecular formula is C15H15FN2O5S2. The number of benzene rings is 2. The lowest BCUT2D eigenvalue weighted by Crippen LogP contribution is -2.21. The first kappa shape index (κ1) is 18.9. The van der Waals surface area contributed by atoms with Crippen LogP contribution in [0.4, 0.5) is 10.1 Å². The molecule has 2 aromatic rings. The van der Waals surface area contributed by atoms with Gasteiger partial charge in [0.2, 0.25) is 20.9 Å². The molecule has 0 amide bonds. The third-order valence-corrected chi connectivity index (χ3v) is 4.82. The first-order chi connectivity index (χ1) is 11.8. The molecule has 0 aliphatic carbocycles. The molecule has 0 bridgehead atoms. The largest absolute Gasteiger partial charge is 0.496 e. The predicted molar refractivity (Wildman–Crippen MR) is 92.6 cm³/mol. The smallest absolute Gasteiger partial charge is 0.240 e. The van der Waals surface area contributed by atoms with Crippen LogP contribution in [0.15, 0.2) is 53.6 Å². The Bertz CT molecular complexity index is 979. The number of ether oxygens (including phenoxy) is 1. The zero-order valence-electron chi connectivity index (χ0n) is 13.0. The summed E-state index contributed by atoms with van der Waals surface area (Å²) in [6, 6.07) is 9.80. The van der Waals surface area contributed by atoms with Gasteiger partial charge in [0.1, 0.15) is 22.1 Å². The summed E-state index contributed by atoms with van der Waals surface area (Å²) in [6.07, 6.45) is 2.37. The van der Waals surface area contributed by atoms with Gasteiger partial charge in [-0.05, 0) is 24.3 Å². The monoisotopic (exact) mass is 386 g/mol. The maximum atomic E-state index is 14.2. The van der Waals surface area contributed by atoms with Gasteiger partial charge in [-0.1, -0.05) is 24.3 Å². The van der Waals surface area contributed by atoms with Crippen molar-refractivity contribution >= 4 is 32.7 Å². The molecule has 2 N–H and O–H groups in total. The van der Waals surface area contributed by atoms with Gasteiger partial charge in [-0.2, -0.15) is 0 Å². The normalized spacial score (nSPS) is 11.8. The second-order valence-corrected chi connectivity index (χ2v) is 7.21. The van der Waals surface area contributed by atoms with E-state index in [1.54, 1.807) is 24.3 Å². The molecule has 0 unspecified atom stereocenters. The lowest BCUT2D eigenvalue weighted by Gasteiger charge is -2.17. The molecule has 25 heavy (non-hydrogen) atoms. The van der Waals surface area contributed by atoms with Gasteiger partial charge in [0, 0.05) is 11.8 Å². The summed E-state index contributed by atoms with van der Waals surface area (Å²) in [6.45, 7) is 0. The Morgan fingerprint density at radius 1 is 1.16 bits per heavy atom. The maximum Gasteiger partial charge on any atom is 0.240 e. The molecule has 0 spiro atoms. The molecule has 0 heterocycles. The van der Waals surface area contributed by atoms with Crippen LogP contribution in [0.3, 0.4) is 0 Å². The number of hydrogen-bond donors (Lipinski definition) is 2. The van der Waals surface area contributed by atoms with E-state index in [1.807, 2.05) is 0 Å². The number of nitrogens with zero attached hydrogens (tertiary/aromatic N) is 1. The van der Waals surface area contributed by atoms with Crippen molar-refractivity contribution in [1.29, 1.82) is 0 Å². The third kappa shape index (κ3) is 4.35. The van der Waals surface area contributed by atoms with Crippen molar-refractivity contribution < 1.29 is 26.0 Å². The highest BCUT2D eigenvalue weighted by Crippen LogP contribution is 2.29. The summed E-state index contributed by atoms with van der Waals surface area (Å²) in [5.41, 5.74) is -0.160. The third-order valence-electron chi connectivity index (χ3n) is 3.20. The van der Waals surface area contributed by atoms with Crippen molar-refractivity contribution in [3.8, 4) is 5.75 Å². The van der Waals surface area contributed by atoms with Gasteiger partial charge in [-0.3, -0.25) is 0 Å². The Balaban J connectivity index is 2.60. The van der Waals surface area contributed by atoms with E-state index in [9.17, 15) is 21.2 Å². The zero-order chi connectivity index (χ0) is 18.6. The number of halogens is 1.